The lowest BCUT2D eigenvalue weighted by atomic mass is 10.2. The maximum Gasteiger partial charge on any atom is 0.411 e. The summed E-state index contributed by atoms with van der Waals surface area (Å²) < 4.78 is 17.9. The van der Waals surface area contributed by atoms with Crippen LogP contribution in [0.4, 0.5) is 9.18 Å². The van der Waals surface area contributed by atoms with Crippen LogP contribution in [0.25, 0.3) is 0 Å². The summed E-state index contributed by atoms with van der Waals surface area (Å²) in [4.78, 5) is 23.5. The number of carbonyl (C=O) groups excluding carboxylic acids is 2. The molecule has 1 amide bonds. The third kappa shape index (κ3) is 3.69. The lowest BCUT2D eigenvalue weighted by molar-refractivity contribution is -0.116. The Hall–Kier alpha value is -1.39. The summed E-state index contributed by atoms with van der Waals surface area (Å²) in [5.41, 5.74) is -0.641. The first-order chi connectivity index (χ1) is 6.78. The van der Waals surface area contributed by atoms with E-state index in [1.807, 2.05) is 0 Å². The van der Waals surface area contributed by atoms with Crippen LogP contribution in [0.5, 0.6) is 0 Å². The van der Waals surface area contributed by atoms with Crippen molar-refractivity contribution in [1.29, 1.82) is 0 Å². The van der Waals surface area contributed by atoms with Crippen LogP contribution in [-0.2, 0) is 9.53 Å². The van der Waals surface area contributed by atoms with Crippen molar-refractivity contribution < 1.29 is 18.7 Å². The maximum atomic E-state index is 12.9. The highest BCUT2D eigenvalue weighted by Gasteiger charge is 2.27. The molecule has 0 atom stereocenters. The Morgan fingerprint density at radius 1 is 1.47 bits per heavy atom. The SMILES string of the molecule is CC(C)(C)OC(=O)N1CC(=O)C=C(F)C1. The minimum Gasteiger partial charge on any atom is -0.444 e. The second kappa shape index (κ2) is 4.00. The highest BCUT2D eigenvalue weighted by atomic mass is 19.1. The van der Waals surface area contributed by atoms with E-state index in [0.29, 0.717) is 0 Å². The van der Waals surface area contributed by atoms with E-state index in [4.69, 9.17) is 4.74 Å². The molecule has 4 nitrogen and oxygen atoms in total. The van der Waals surface area contributed by atoms with Gasteiger partial charge >= 0.3 is 6.09 Å². The summed E-state index contributed by atoms with van der Waals surface area (Å²) in [7, 11) is 0. The standard InChI is InChI=1S/C10H14FNO3/c1-10(2,3)15-9(14)12-5-7(11)4-8(13)6-12/h4H,5-6H2,1-3H3. The number of amides is 1. The number of hydrogen-bond acceptors (Lipinski definition) is 3. The van der Waals surface area contributed by atoms with Gasteiger partial charge < -0.3 is 4.74 Å². The Labute approximate surface area is 87.7 Å². The van der Waals surface area contributed by atoms with E-state index in [-0.39, 0.29) is 13.1 Å². The van der Waals surface area contributed by atoms with Gasteiger partial charge in [-0.2, -0.15) is 0 Å². The predicted octanol–water partition coefficient (Wildman–Crippen LogP) is 1.66. The quantitative estimate of drug-likeness (QED) is 0.617. The third-order valence-corrected chi connectivity index (χ3v) is 1.66. The summed E-state index contributed by atoms with van der Waals surface area (Å²) in [6, 6.07) is 0. The Bertz CT molecular complexity index is 317. The number of carbonyl (C=O) groups is 2. The number of hydrogen-bond donors (Lipinski definition) is 0. The van der Waals surface area contributed by atoms with Crippen LogP contribution in [0.15, 0.2) is 11.9 Å². The van der Waals surface area contributed by atoms with Gasteiger partial charge in [0, 0.05) is 6.08 Å². The van der Waals surface area contributed by atoms with E-state index in [1.165, 1.54) is 0 Å². The number of nitrogens with zero attached hydrogens (tertiary/aromatic N) is 1. The molecule has 0 bridgehead atoms. The molecule has 0 unspecified atom stereocenters. The smallest absolute Gasteiger partial charge is 0.411 e. The Kier molecular flexibility index (Phi) is 3.12. The summed E-state index contributed by atoms with van der Waals surface area (Å²) >= 11 is 0. The minimum atomic E-state index is -0.667. The Morgan fingerprint density at radius 3 is 2.53 bits per heavy atom. The minimum absolute atomic E-state index is 0.123. The molecule has 1 heterocycles. The van der Waals surface area contributed by atoms with Crippen LogP contribution < -0.4 is 0 Å². The zero-order valence-electron chi connectivity index (χ0n) is 9.04. The van der Waals surface area contributed by atoms with Gasteiger partial charge in [-0.1, -0.05) is 0 Å². The van der Waals surface area contributed by atoms with Crippen molar-refractivity contribution in [2.24, 2.45) is 0 Å². The summed E-state index contributed by atoms with van der Waals surface area (Å²) in [5.74, 6) is -1.04. The van der Waals surface area contributed by atoms with Gasteiger partial charge in [-0.3, -0.25) is 9.69 Å². The van der Waals surface area contributed by atoms with Crippen LogP contribution in [0, 0.1) is 0 Å². The Balaban J connectivity index is 2.63. The molecule has 0 saturated carbocycles. The van der Waals surface area contributed by atoms with Crippen molar-refractivity contribution >= 4 is 11.9 Å². The first-order valence-corrected chi connectivity index (χ1v) is 4.65. The molecule has 0 aromatic heterocycles. The number of ketones is 1. The second-order valence-electron chi connectivity index (χ2n) is 4.39. The van der Waals surface area contributed by atoms with E-state index >= 15 is 0 Å². The molecular formula is C10H14FNO3. The molecule has 1 aliphatic heterocycles. The van der Waals surface area contributed by atoms with Crippen molar-refractivity contribution in [3.63, 3.8) is 0 Å². The van der Waals surface area contributed by atoms with Gasteiger partial charge in [-0.15, -0.1) is 0 Å². The van der Waals surface area contributed by atoms with Crippen LogP contribution >= 0.6 is 0 Å². The highest BCUT2D eigenvalue weighted by Crippen LogP contribution is 2.14. The van der Waals surface area contributed by atoms with E-state index in [0.717, 1.165) is 11.0 Å². The fourth-order valence-corrected chi connectivity index (χ4v) is 1.15. The fourth-order valence-electron chi connectivity index (χ4n) is 1.15. The zero-order valence-corrected chi connectivity index (χ0v) is 9.04. The molecular weight excluding hydrogens is 201 g/mol. The highest BCUT2D eigenvalue weighted by molar-refractivity contribution is 5.94. The van der Waals surface area contributed by atoms with Gasteiger partial charge in [-0.25, -0.2) is 9.18 Å². The maximum absolute atomic E-state index is 12.9. The molecule has 15 heavy (non-hydrogen) atoms. The Morgan fingerprint density at radius 2 is 2.07 bits per heavy atom. The summed E-state index contributed by atoms with van der Waals surface area (Å²) in [5, 5.41) is 0. The molecule has 1 rings (SSSR count). The van der Waals surface area contributed by atoms with Gasteiger partial charge in [0.2, 0.25) is 0 Å². The molecule has 0 aromatic rings. The number of ether oxygens (including phenoxy) is 1. The van der Waals surface area contributed by atoms with Crippen molar-refractivity contribution in [1.82, 2.24) is 4.90 Å². The molecule has 0 aromatic carbocycles. The van der Waals surface area contributed by atoms with Gasteiger partial charge in [-0.05, 0) is 20.8 Å². The first kappa shape index (κ1) is 11.7. The summed E-state index contributed by atoms with van der Waals surface area (Å²) in [6.45, 7) is 4.82. The third-order valence-electron chi connectivity index (χ3n) is 1.66. The topological polar surface area (TPSA) is 46.6 Å². The van der Waals surface area contributed by atoms with Crippen LogP contribution in [0.3, 0.4) is 0 Å². The van der Waals surface area contributed by atoms with Crippen molar-refractivity contribution in [2.75, 3.05) is 13.1 Å². The number of rotatable bonds is 0. The average molecular weight is 215 g/mol. The molecule has 0 radical (unpaired) electrons. The van der Waals surface area contributed by atoms with Crippen LogP contribution in [-0.4, -0.2) is 35.5 Å². The van der Waals surface area contributed by atoms with E-state index < -0.39 is 23.3 Å². The fraction of sp³-hybridized carbons (Fsp3) is 0.600. The molecule has 0 aliphatic carbocycles. The van der Waals surface area contributed by atoms with E-state index in [1.54, 1.807) is 20.8 Å². The van der Waals surface area contributed by atoms with Crippen LogP contribution in [0.1, 0.15) is 20.8 Å². The molecule has 0 saturated heterocycles. The van der Waals surface area contributed by atoms with Crippen LogP contribution in [0.2, 0.25) is 0 Å². The summed E-state index contributed by atoms with van der Waals surface area (Å²) in [6.07, 6.45) is 0.236. The lowest BCUT2D eigenvalue weighted by Gasteiger charge is -2.27. The van der Waals surface area contributed by atoms with Crippen molar-refractivity contribution in [2.45, 2.75) is 26.4 Å². The molecule has 0 spiro atoms. The normalized spacial score (nSPS) is 17.5. The molecule has 84 valence electrons. The zero-order chi connectivity index (χ0) is 11.6. The second-order valence-corrected chi connectivity index (χ2v) is 4.39. The predicted molar refractivity (Wildman–Crippen MR) is 52.0 cm³/mol. The van der Waals surface area contributed by atoms with Gasteiger partial charge in [0.15, 0.2) is 5.78 Å². The van der Waals surface area contributed by atoms with Gasteiger partial charge in [0.25, 0.3) is 0 Å². The van der Waals surface area contributed by atoms with E-state index in [9.17, 15) is 14.0 Å². The molecule has 5 heteroatoms. The molecule has 0 fully saturated rings. The first-order valence-electron chi connectivity index (χ1n) is 4.65. The van der Waals surface area contributed by atoms with Crippen molar-refractivity contribution in [3.8, 4) is 0 Å². The largest absolute Gasteiger partial charge is 0.444 e. The molecule has 0 N–H and O–H groups in total. The average Bonchev–Trinajstić information content (AvgIpc) is 1.98. The van der Waals surface area contributed by atoms with Crippen molar-refractivity contribution in [3.05, 3.63) is 11.9 Å². The monoisotopic (exact) mass is 215 g/mol. The van der Waals surface area contributed by atoms with Gasteiger partial charge in [0.05, 0.1) is 13.1 Å². The lowest BCUT2D eigenvalue weighted by Crippen LogP contribution is -2.42. The molecule has 1 aliphatic rings. The van der Waals surface area contributed by atoms with E-state index in [2.05, 4.69) is 0 Å². The number of halogens is 1. The van der Waals surface area contributed by atoms with Gasteiger partial charge in [0.1, 0.15) is 11.4 Å².